The van der Waals surface area contributed by atoms with E-state index in [1.165, 1.54) is 0 Å². The quantitative estimate of drug-likeness (QED) is 0.765. The SMILES string of the molecule is CC(O)c1cn(CCCN)c2c(C(=O)O)cccc12. The number of carboxylic acid groups (broad SMARTS) is 1. The molecule has 0 amide bonds. The second kappa shape index (κ2) is 5.42. The Morgan fingerprint density at radius 1 is 1.47 bits per heavy atom. The molecule has 0 fully saturated rings. The van der Waals surface area contributed by atoms with E-state index in [4.69, 9.17) is 5.73 Å². The number of benzene rings is 1. The molecular weight excluding hydrogens is 244 g/mol. The second-order valence-corrected chi connectivity index (χ2v) is 4.60. The average molecular weight is 262 g/mol. The summed E-state index contributed by atoms with van der Waals surface area (Å²) in [6, 6.07) is 5.11. The number of aryl methyl sites for hydroxylation is 1. The number of nitrogens with zero attached hydrogens (tertiary/aromatic N) is 1. The van der Waals surface area contributed by atoms with E-state index in [9.17, 15) is 15.0 Å². The molecule has 1 atom stereocenters. The van der Waals surface area contributed by atoms with Crippen molar-refractivity contribution in [2.45, 2.75) is 26.0 Å². The van der Waals surface area contributed by atoms with E-state index in [2.05, 4.69) is 0 Å². The molecule has 1 heterocycles. The topological polar surface area (TPSA) is 88.5 Å². The van der Waals surface area contributed by atoms with Crippen molar-refractivity contribution < 1.29 is 15.0 Å². The molecule has 5 heteroatoms. The first kappa shape index (κ1) is 13.6. The third-order valence-electron chi connectivity index (χ3n) is 3.21. The maximum absolute atomic E-state index is 11.3. The van der Waals surface area contributed by atoms with E-state index in [0.717, 1.165) is 17.4 Å². The van der Waals surface area contributed by atoms with Crippen LogP contribution in [-0.2, 0) is 6.54 Å². The summed E-state index contributed by atoms with van der Waals surface area (Å²) >= 11 is 0. The smallest absolute Gasteiger partial charge is 0.337 e. The van der Waals surface area contributed by atoms with Gasteiger partial charge in [-0.2, -0.15) is 0 Å². The molecule has 2 rings (SSSR count). The molecule has 102 valence electrons. The average Bonchev–Trinajstić information content (AvgIpc) is 2.75. The molecule has 0 aliphatic heterocycles. The Morgan fingerprint density at radius 2 is 2.21 bits per heavy atom. The molecule has 0 saturated carbocycles. The number of aliphatic hydroxyl groups excluding tert-OH is 1. The highest BCUT2D eigenvalue weighted by Crippen LogP contribution is 2.29. The van der Waals surface area contributed by atoms with E-state index in [1.807, 2.05) is 16.8 Å². The maximum atomic E-state index is 11.3. The molecule has 4 N–H and O–H groups in total. The molecule has 0 spiro atoms. The molecule has 2 aromatic rings. The minimum atomic E-state index is -0.963. The van der Waals surface area contributed by atoms with Gasteiger partial charge in [-0.3, -0.25) is 0 Å². The van der Waals surface area contributed by atoms with Crippen molar-refractivity contribution in [2.75, 3.05) is 6.54 Å². The van der Waals surface area contributed by atoms with Crippen molar-refractivity contribution in [3.8, 4) is 0 Å². The number of hydrogen-bond acceptors (Lipinski definition) is 3. The van der Waals surface area contributed by atoms with Crippen LogP contribution >= 0.6 is 0 Å². The van der Waals surface area contributed by atoms with E-state index in [0.29, 0.717) is 18.6 Å². The highest BCUT2D eigenvalue weighted by atomic mass is 16.4. The highest BCUT2D eigenvalue weighted by Gasteiger charge is 2.17. The van der Waals surface area contributed by atoms with Crippen LogP contribution in [0.2, 0.25) is 0 Å². The van der Waals surface area contributed by atoms with Crippen molar-refractivity contribution in [3.63, 3.8) is 0 Å². The number of aromatic nitrogens is 1. The van der Waals surface area contributed by atoms with Crippen LogP contribution in [0.3, 0.4) is 0 Å². The Labute approximate surface area is 111 Å². The molecule has 1 unspecified atom stereocenters. The zero-order valence-corrected chi connectivity index (χ0v) is 10.8. The van der Waals surface area contributed by atoms with Crippen molar-refractivity contribution in [1.82, 2.24) is 4.57 Å². The fourth-order valence-corrected chi connectivity index (χ4v) is 2.33. The Bertz CT molecular complexity index is 602. The number of carboxylic acids is 1. The minimum absolute atomic E-state index is 0.251. The lowest BCUT2D eigenvalue weighted by molar-refractivity contribution is 0.0698. The molecule has 0 radical (unpaired) electrons. The van der Waals surface area contributed by atoms with Crippen LogP contribution in [0, 0.1) is 0 Å². The zero-order valence-electron chi connectivity index (χ0n) is 10.8. The molecule has 19 heavy (non-hydrogen) atoms. The number of nitrogens with two attached hydrogens (primary N) is 1. The molecule has 0 saturated heterocycles. The van der Waals surface area contributed by atoms with Crippen molar-refractivity contribution in [1.29, 1.82) is 0 Å². The first-order valence-electron chi connectivity index (χ1n) is 6.29. The third-order valence-corrected chi connectivity index (χ3v) is 3.21. The lowest BCUT2D eigenvalue weighted by atomic mass is 10.1. The summed E-state index contributed by atoms with van der Waals surface area (Å²) in [5.74, 6) is -0.963. The van der Waals surface area contributed by atoms with Crippen molar-refractivity contribution >= 4 is 16.9 Å². The highest BCUT2D eigenvalue weighted by molar-refractivity contribution is 6.03. The van der Waals surface area contributed by atoms with Crippen LogP contribution in [0.4, 0.5) is 0 Å². The number of para-hydroxylation sites is 1. The first-order chi connectivity index (χ1) is 9.06. The van der Waals surface area contributed by atoms with E-state index in [1.54, 1.807) is 19.1 Å². The Kier molecular flexibility index (Phi) is 3.87. The van der Waals surface area contributed by atoms with Crippen LogP contribution in [0.5, 0.6) is 0 Å². The zero-order chi connectivity index (χ0) is 14.0. The van der Waals surface area contributed by atoms with Gasteiger partial charge in [0.25, 0.3) is 0 Å². The third kappa shape index (κ3) is 2.47. The summed E-state index contributed by atoms with van der Waals surface area (Å²) in [7, 11) is 0. The molecule has 0 aliphatic carbocycles. The van der Waals surface area contributed by atoms with Gasteiger partial charge in [0.15, 0.2) is 0 Å². The van der Waals surface area contributed by atoms with Gasteiger partial charge in [-0.25, -0.2) is 4.79 Å². The van der Waals surface area contributed by atoms with Crippen LogP contribution in [-0.4, -0.2) is 27.3 Å². The van der Waals surface area contributed by atoms with Crippen LogP contribution < -0.4 is 5.73 Å². The fourth-order valence-electron chi connectivity index (χ4n) is 2.33. The fraction of sp³-hybridized carbons (Fsp3) is 0.357. The van der Waals surface area contributed by atoms with E-state index < -0.39 is 12.1 Å². The number of rotatable bonds is 5. The number of aliphatic hydroxyl groups is 1. The lowest BCUT2D eigenvalue weighted by Crippen LogP contribution is -2.07. The second-order valence-electron chi connectivity index (χ2n) is 4.60. The van der Waals surface area contributed by atoms with Gasteiger partial charge in [0.2, 0.25) is 0 Å². The summed E-state index contributed by atoms with van der Waals surface area (Å²) in [4.78, 5) is 11.3. The van der Waals surface area contributed by atoms with Gasteiger partial charge in [0, 0.05) is 23.7 Å². The largest absolute Gasteiger partial charge is 0.478 e. The van der Waals surface area contributed by atoms with Crippen LogP contribution in [0.25, 0.3) is 10.9 Å². The molecule has 0 bridgehead atoms. The number of hydrogen-bond donors (Lipinski definition) is 3. The summed E-state index contributed by atoms with van der Waals surface area (Å²) in [6.07, 6.45) is 1.94. The first-order valence-corrected chi connectivity index (χ1v) is 6.29. The van der Waals surface area contributed by atoms with Gasteiger partial charge in [0.05, 0.1) is 17.2 Å². The summed E-state index contributed by atoms with van der Waals surface area (Å²) in [5, 5.41) is 19.9. The molecular formula is C14H18N2O3. The number of aromatic carboxylic acids is 1. The molecule has 0 aliphatic rings. The van der Waals surface area contributed by atoms with Crippen LogP contribution in [0.1, 0.15) is 35.4 Å². The normalized spacial score (nSPS) is 12.8. The summed E-state index contributed by atoms with van der Waals surface area (Å²) in [5.41, 5.74) is 7.15. The van der Waals surface area contributed by atoms with Gasteiger partial charge < -0.3 is 20.5 Å². The van der Waals surface area contributed by atoms with Gasteiger partial charge in [0.1, 0.15) is 0 Å². The summed E-state index contributed by atoms with van der Waals surface area (Å²) < 4.78 is 1.87. The van der Waals surface area contributed by atoms with E-state index in [-0.39, 0.29) is 5.56 Å². The Balaban J connectivity index is 2.68. The minimum Gasteiger partial charge on any atom is -0.478 e. The molecule has 5 nitrogen and oxygen atoms in total. The molecule has 1 aromatic heterocycles. The standard InChI is InChI=1S/C14H18N2O3/c1-9(17)12-8-16(7-3-6-15)13-10(12)4-2-5-11(13)14(18)19/h2,4-5,8-9,17H,3,6-7,15H2,1H3,(H,18,19). The van der Waals surface area contributed by atoms with Gasteiger partial charge in [-0.1, -0.05) is 12.1 Å². The van der Waals surface area contributed by atoms with Crippen LogP contribution in [0.15, 0.2) is 24.4 Å². The van der Waals surface area contributed by atoms with Gasteiger partial charge in [-0.15, -0.1) is 0 Å². The maximum Gasteiger partial charge on any atom is 0.337 e. The predicted octanol–water partition coefficient (Wildman–Crippen LogP) is 1.74. The van der Waals surface area contributed by atoms with Crippen molar-refractivity contribution in [2.24, 2.45) is 5.73 Å². The molecule has 1 aromatic carbocycles. The van der Waals surface area contributed by atoms with Crippen molar-refractivity contribution in [3.05, 3.63) is 35.5 Å². The Morgan fingerprint density at radius 3 is 2.79 bits per heavy atom. The van der Waals surface area contributed by atoms with E-state index >= 15 is 0 Å². The monoisotopic (exact) mass is 262 g/mol. The van der Waals surface area contributed by atoms with Gasteiger partial charge in [-0.05, 0) is 26.0 Å². The van der Waals surface area contributed by atoms with Gasteiger partial charge >= 0.3 is 5.97 Å². The Hall–Kier alpha value is -1.85. The predicted molar refractivity (Wildman–Crippen MR) is 73.2 cm³/mol. The number of carbonyl (C=O) groups is 1. The lowest BCUT2D eigenvalue weighted by Gasteiger charge is -2.06. The number of fused-ring (bicyclic) bond motifs is 1. The summed E-state index contributed by atoms with van der Waals surface area (Å²) in [6.45, 7) is 2.86.